The molecule has 1 aliphatic heterocycles. The average molecular weight is 368 g/mol. The summed E-state index contributed by atoms with van der Waals surface area (Å²) in [5, 5.41) is 12.0. The first-order valence-electron chi connectivity index (χ1n) is 8.55. The van der Waals surface area contributed by atoms with Crippen LogP contribution in [-0.2, 0) is 20.8 Å². The summed E-state index contributed by atoms with van der Waals surface area (Å²) in [5.41, 5.74) is 2.41. The van der Waals surface area contributed by atoms with Gasteiger partial charge in [-0.15, -0.1) is 0 Å². The molecule has 1 aliphatic rings. The number of hydrogen-bond donors (Lipinski definition) is 2. The fraction of sp³-hybridized carbons (Fsp3) is 0.250. The number of carbonyl (C=O) groups is 3. The quantitative estimate of drug-likeness (QED) is 0.593. The second kappa shape index (κ2) is 7.90. The molecule has 0 radical (unpaired) electrons. The van der Waals surface area contributed by atoms with E-state index in [2.05, 4.69) is 5.32 Å². The van der Waals surface area contributed by atoms with Crippen molar-refractivity contribution in [3.05, 3.63) is 59.7 Å². The summed E-state index contributed by atoms with van der Waals surface area (Å²) in [6, 6.07) is 13.4. The fourth-order valence-corrected chi connectivity index (χ4v) is 2.96. The van der Waals surface area contributed by atoms with Crippen molar-refractivity contribution in [3.8, 4) is 5.75 Å². The first-order chi connectivity index (χ1) is 12.9. The second-order valence-electron chi connectivity index (χ2n) is 6.45. The minimum Gasteiger partial charge on any atom is -0.480 e. The topological polar surface area (TPSA) is 95.9 Å². The number of anilines is 1. The lowest BCUT2D eigenvalue weighted by molar-refractivity contribution is -0.141. The van der Waals surface area contributed by atoms with Gasteiger partial charge in [-0.05, 0) is 30.2 Å². The highest BCUT2D eigenvalue weighted by atomic mass is 16.5. The van der Waals surface area contributed by atoms with Gasteiger partial charge in [-0.3, -0.25) is 4.79 Å². The SMILES string of the molecule is Cc1ccc2c(c1)N(CC(=O)NC(Cc1ccccc1)C(=O)O)CC(=O)O2. The molecule has 27 heavy (non-hydrogen) atoms. The van der Waals surface area contributed by atoms with Crippen LogP contribution in [0.25, 0.3) is 0 Å². The minimum absolute atomic E-state index is 0.0692. The maximum atomic E-state index is 12.4. The molecule has 0 saturated heterocycles. The van der Waals surface area contributed by atoms with Gasteiger partial charge in [-0.2, -0.15) is 0 Å². The van der Waals surface area contributed by atoms with E-state index in [1.165, 1.54) is 0 Å². The molecule has 3 rings (SSSR count). The number of amides is 1. The molecule has 0 aliphatic carbocycles. The van der Waals surface area contributed by atoms with Gasteiger partial charge >= 0.3 is 11.9 Å². The lowest BCUT2D eigenvalue weighted by Gasteiger charge is -2.30. The number of aryl methyl sites for hydroxylation is 1. The molecule has 0 aromatic heterocycles. The summed E-state index contributed by atoms with van der Waals surface area (Å²) in [4.78, 5) is 37.3. The fourth-order valence-electron chi connectivity index (χ4n) is 2.96. The van der Waals surface area contributed by atoms with Crippen molar-refractivity contribution in [2.24, 2.45) is 0 Å². The number of carboxylic acids is 1. The molecule has 1 amide bonds. The molecule has 2 N–H and O–H groups in total. The van der Waals surface area contributed by atoms with Gasteiger partial charge in [-0.25, -0.2) is 9.59 Å². The number of nitrogens with zero attached hydrogens (tertiary/aromatic N) is 1. The van der Waals surface area contributed by atoms with Crippen LogP contribution in [-0.4, -0.2) is 42.1 Å². The number of rotatable bonds is 6. The van der Waals surface area contributed by atoms with E-state index in [0.717, 1.165) is 11.1 Å². The predicted molar refractivity (Wildman–Crippen MR) is 98.7 cm³/mol. The third-order valence-electron chi connectivity index (χ3n) is 4.25. The molecule has 1 unspecified atom stereocenters. The molecule has 140 valence electrons. The van der Waals surface area contributed by atoms with Crippen LogP contribution in [0.2, 0.25) is 0 Å². The standard InChI is InChI=1S/C20H20N2O5/c1-13-7-8-17-16(9-13)22(12-19(24)27-17)11-18(23)21-15(20(25)26)10-14-5-3-2-4-6-14/h2-9,15H,10-12H2,1H3,(H,21,23)(H,25,26). The Morgan fingerprint density at radius 1 is 1.22 bits per heavy atom. The number of nitrogens with one attached hydrogen (secondary N) is 1. The summed E-state index contributed by atoms with van der Waals surface area (Å²) in [6.45, 7) is 1.69. The number of esters is 1. The largest absolute Gasteiger partial charge is 0.480 e. The van der Waals surface area contributed by atoms with E-state index in [-0.39, 0.29) is 19.5 Å². The van der Waals surface area contributed by atoms with Crippen molar-refractivity contribution in [2.45, 2.75) is 19.4 Å². The van der Waals surface area contributed by atoms with Crippen molar-refractivity contribution in [1.82, 2.24) is 5.32 Å². The Morgan fingerprint density at radius 2 is 1.96 bits per heavy atom. The molecular formula is C20H20N2O5. The number of aliphatic carboxylic acids is 1. The van der Waals surface area contributed by atoms with Crippen LogP contribution in [0.1, 0.15) is 11.1 Å². The Morgan fingerprint density at radius 3 is 2.67 bits per heavy atom. The Labute approximate surface area is 156 Å². The number of hydrogen-bond acceptors (Lipinski definition) is 5. The van der Waals surface area contributed by atoms with E-state index in [4.69, 9.17) is 4.74 Å². The van der Waals surface area contributed by atoms with E-state index in [1.807, 2.05) is 49.4 Å². The number of fused-ring (bicyclic) bond motifs is 1. The number of carboxylic acid groups (broad SMARTS) is 1. The van der Waals surface area contributed by atoms with Crippen molar-refractivity contribution >= 4 is 23.5 Å². The normalized spacial score (nSPS) is 14.1. The van der Waals surface area contributed by atoms with Crippen molar-refractivity contribution in [3.63, 3.8) is 0 Å². The van der Waals surface area contributed by atoms with Gasteiger partial charge < -0.3 is 20.1 Å². The van der Waals surface area contributed by atoms with Crippen molar-refractivity contribution < 1.29 is 24.2 Å². The summed E-state index contributed by atoms with van der Waals surface area (Å²) in [7, 11) is 0. The lowest BCUT2D eigenvalue weighted by Crippen LogP contribution is -2.48. The van der Waals surface area contributed by atoms with E-state index in [9.17, 15) is 19.5 Å². The summed E-state index contributed by atoms with van der Waals surface area (Å²) in [5.74, 6) is -1.65. The minimum atomic E-state index is -1.11. The maximum Gasteiger partial charge on any atom is 0.331 e. The zero-order valence-corrected chi connectivity index (χ0v) is 14.8. The van der Waals surface area contributed by atoms with Crippen LogP contribution in [0.15, 0.2) is 48.5 Å². The maximum absolute atomic E-state index is 12.4. The zero-order chi connectivity index (χ0) is 19.4. The third kappa shape index (κ3) is 4.63. The summed E-state index contributed by atoms with van der Waals surface area (Å²) < 4.78 is 5.19. The predicted octanol–water partition coefficient (Wildman–Crippen LogP) is 1.53. The molecule has 0 saturated carbocycles. The molecule has 1 atom stereocenters. The van der Waals surface area contributed by atoms with Gasteiger partial charge in [0.1, 0.15) is 12.6 Å². The molecule has 0 bridgehead atoms. The van der Waals surface area contributed by atoms with E-state index in [1.54, 1.807) is 11.0 Å². The van der Waals surface area contributed by atoms with E-state index < -0.39 is 23.9 Å². The Kier molecular flexibility index (Phi) is 5.40. The van der Waals surface area contributed by atoms with Gasteiger partial charge in [0.25, 0.3) is 0 Å². The number of ether oxygens (including phenoxy) is 1. The molecule has 2 aromatic rings. The van der Waals surface area contributed by atoms with Crippen LogP contribution >= 0.6 is 0 Å². The van der Waals surface area contributed by atoms with Crippen LogP contribution in [0, 0.1) is 6.92 Å². The van der Waals surface area contributed by atoms with Gasteiger partial charge in [0.15, 0.2) is 5.75 Å². The first kappa shape index (κ1) is 18.4. The van der Waals surface area contributed by atoms with E-state index in [0.29, 0.717) is 11.4 Å². The summed E-state index contributed by atoms with van der Waals surface area (Å²) in [6.07, 6.45) is 0.180. The average Bonchev–Trinajstić information content (AvgIpc) is 2.62. The van der Waals surface area contributed by atoms with Gasteiger partial charge in [0.2, 0.25) is 5.91 Å². The van der Waals surface area contributed by atoms with Crippen molar-refractivity contribution in [2.75, 3.05) is 18.0 Å². The third-order valence-corrected chi connectivity index (χ3v) is 4.25. The van der Waals surface area contributed by atoms with Gasteiger partial charge in [0.05, 0.1) is 12.2 Å². The van der Waals surface area contributed by atoms with Gasteiger partial charge in [0, 0.05) is 6.42 Å². The highest BCUT2D eigenvalue weighted by Gasteiger charge is 2.27. The molecule has 2 aromatic carbocycles. The number of carbonyl (C=O) groups excluding carboxylic acids is 2. The Hall–Kier alpha value is -3.35. The molecular weight excluding hydrogens is 348 g/mol. The zero-order valence-electron chi connectivity index (χ0n) is 14.8. The van der Waals surface area contributed by atoms with Crippen LogP contribution in [0.5, 0.6) is 5.75 Å². The monoisotopic (exact) mass is 368 g/mol. The second-order valence-corrected chi connectivity index (χ2v) is 6.45. The number of benzene rings is 2. The highest BCUT2D eigenvalue weighted by Crippen LogP contribution is 2.32. The van der Waals surface area contributed by atoms with Gasteiger partial charge in [-0.1, -0.05) is 36.4 Å². The molecule has 0 fully saturated rings. The van der Waals surface area contributed by atoms with Crippen LogP contribution in [0.3, 0.4) is 0 Å². The Bertz CT molecular complexity index is 866. The molecule has 1 heterocycles. The van der Waals surface area contributed by atoms with E-state index >= 15 is 0 Å². The highest BCUT2D eigenvalue weighted by molar-refractivity contribution is 5.91. The first-order valence-corrected chi connectivity index (χ1v) is 8.55. The van der Waals surface area contributed by atoms with Crippen molar-refractivity contribution in [1.29, 1.82) is 0 Å². The lowest BCUT2D eigenvalue weighted by atomic mass is 10.1. The van der Waals surface area contributed by atoms with Crippen LogP contribution < -0.4 is 15.0 Å². The molecule has 7 heteroatoms. The molecule has 0 spiro atoms. The smallest absolute Gasteiger partial charge is 0.331 e. The van der Waals surface area contributed by atoms with Crippen LogP contribution in [0.4, 0.5) is 5.69 Å². The molecule has 7 nitrogen and oxygen atoms in total. The Balaban J connectivity index is 1.70. The summed E-state index contributed by atoms with van der Waals surface area (Å²) >= 11 is 0.